The Morgan fingerprint density at radius 1 is 1.33 bits per heavy atom. The quantitative estimate of drug-likeness (QED) is 0.922. The highest BCUT2D eigenvalue weighted by Crippen LogP contribution is 2.35. The summed E-state index contributed by atoms with van der Waals surface area (Å²) in [5.41, 5.74) is 2.98. The predicted octanol–water partition coefficient (Wildman–Crippen LogP) is 3.49. The van der Waals surface area contributed by atoms with E-state index in [2.05, 4.69) is 55.2 Å². The molecule has 1 aliphatic carbocycles. The highest BCUT2D eigenvalue weighted by Gasteiger charge is 2.25. The van der Waals surface area contributed by atoms with Crippen LogP contribution in [0.1, 0.15) is 35.8 Å². The molecule has 2 atom stereocenters. The van der Waals surface area contributed by atoms with E-state index in [1.807, 2.05) is 6.20 Å². The summed E-state index contributed by atoms with van der Waals surface area (Å²) in [5, 5.41) is 3.80. The molecule has 0 saturated heterocycles. The van der Waals surface area contributed by atoms with E-state index in [-0.39, 0.29) is 0 Å². The zero-order valence-electron chi connectivity index (χ0n) is 12.1. The van der Waals surface area contributed by atoms with Gasteiger partial charge in [0.1, 0.15) is 5.82 Å². The van der Waals surface area contributed by atoms with Crippen LogP contribution < -0.4 is 5.32 Å². The highest BCUT2D eigenvalue weighted by atomic mass is 79.9. The lowest BCUT2D eigenvalue weighted by Crippen LogP contribution is -2.31. The number of hydrogen-bond acceptors (Lipinski definition) is 2. The van der Waals surface area contributed by atoms with Crippen LogP contribution >= 0.6 is 15.9 Å². The van der Waals surface area contributed by atoms with Crippen LogP contribution in [0, 0.1) is 5.92 Å². The van der Waals surface area contributed by atoms with Crippen LogP contribution in [-0.4, -0.2) is 16.1 Å². The minimum Gasteiger partial charge on any atom is -0.335 e. The first-order valence-corrected chi connectivity index (χ1v) is 8.61. The molecule has 2 unspecified atom stereocenters. The molecule has 4 heteroatoms. The number of nitrogens with one attached hydrogen (secondary N) is 1. The maximum Gasteiger partial charge on any atom is 0.108 e. The number of aryl methyl sites for hydroxylation is 1. The van der Waals surface area contributed by atoms with E-state index in [1.165, 1.54) is 40.7 Å². The standard InChI is InChI=1S/C17H20BrN3/c18-15-3-1-2-14-13(15)4-5-16(14)20-11-12-6-8-21-9-7-19-17(21)10-12/h1-3,7,9,12,16,20H,4-6,8,10-11H2. The van der Waals surface area contributed by atoms with E-state index >= 15 is 0 Å². The van der Waals surface area contributed by atoms with E-state index in [9.17, 15) is 0 Å². The van der Waals surface area contributed by atoms with Gasteiger partial charge in [0.05, 0.1) is 0 Å². The van der Waals surface area contributed by atoms with E-state index in [0.29, 0.717) is 6.04 Å². The molecule has 1 N–H and O–H groups in total. The average Bonchev–Trinajstić information content (AvgIpc) is 3.12. The Hall–Kier alpha value is -1.13. The number of fused-ring (bicyclic) bond motifs is 2. The zero-order valence-corrected chi connectivity index (χ0v) is 13.6. The van der Waals surface area contributed by atoms with Gasteiger partial charge in [0.25, 0.3) is 0 Å². The lowest BCUT2D eigenvalue weighted by molar-refractivity contribution is 0.346. The molecular weight excluding hydrogens is 326 g/mol. The molecule has 2 aromatic rings. The molecule has 1 aromatic heterocycles. The summed E-state index contributed by atoms with van der Waals surface area (Å²) in [6.45, 7) is 2.22. The Bertz CT molecular complexity index is 649. The van der Waals surface area contributed by atoms with Gasteiger partial charge in [-0.2, -0.15) is 0 Å². The molecule has 21 heavy (non-hydrogen) atoms. The summed E-state index contributed by atoms with van der Waals surface area (Å²) in [7, 11) is 0. The molecule has 0 bridgehead atoms. The average molecular weight is 346 g/mol. The molecule has 0 fully saturated rings. The van der Waals surface area contributed by atoms with Crippen molar-refractivity contribution in [1.82, 2.24) is 14.9 Å². The fraction of sp³-hybridized carbons (Fsp3) is 0.471. The third kappa shape index (κ3) is 2.55. The van der Waals surface area contributed by atoms with Crippen LogP contribution in [0.4, 0.5) is 0 Å². The molecule has 110 valence electrons. The second-order valence-corrected chi connectivity index (χ2v) is 7.06. The molecule has 0 amide bonds. The lowest BCUT2D eigenvalue weighted by atomic mass is 9.97. The van der Waals surface area contributed by atoms with Gasteiger partial charge in [0, 0.05) is 35.9 Å². The smallest absolute Gasteiger partial charge is 0.108 e. The monoisotopic (exact) mass is 345 g/mol. The van der Waals surface area contributed by atoms with E-state index in [1.54, 1.807) is 0 Å². The fourth-order valence-corrected chi connectivity index (χ4v) is 4.30. The summed E-state index contributed by atoms with van der Waals surface area (Å²) in [6.07, 6.45) is 8.80. The van der Waals surface area contributed by atoms with Gasteiger partial charge < -0.3 is 9.88 Å². The Kier molecular flexibility index (Phi) is 3.59. The van der Waals surface area contributed by atoms with Crippen molar-refractivity contribution in [2.45, 2.75) is 38.3 Å². The molecule has 3 nitrogen and oxygen atoms in total. The van der Waals surface area contributed by atoms with Crippen molar-refractivity contribution in [3.63, 3.8) is 0 Å². The zero-order chi connectivity index (χ0) is 14.2. The molecular formula is C17H20BrN3. The molecule has 4 rings (SSSR count). The third-order valence-electron chi connectivity index (χ3n) is 4.92. The molecule has 0 saturated carbocycles. The number of benzene rings is 1. The maximum atomic E-state index is 4.46. The molecule has 1 aromatic carbocycles. The van der Waals surface area contributed by atoms with E-state index in [0.717, 1.165) is 25.4 Å². The molecule has 2 aliphatic rings. The Morgan fingerprint density at radius 2 is 2.29 bits per heavy atom. The maximum absolute atomic E-state index is 4.46. The van der Waals surface area contributed by atoms with Crippen molar-refractivity contribution in [1.29, 1.82) is 0 Å². The second-order valence-electron chi connectivity index (χ2n) is 6.20. The Morgan fingerprint density at radius 3 is 3.24 bits per heavy atom. The summed E-state index contributed by atoms with van der Waals surface area (Å²) < 4.78 is 3.56. The lowest BCUT2D eigenvalue weighted by Gasteiger charge is -2.25. The van der Waals surface area contributed by atoms with E-state index in [4.69, 9.17) is 0 Å². The van der Waals surface area contributed by atoms with Crippen LogP contribution in [0.2, 0.25) is 0 Å². The fourth-order valence-electron chi connectivity index (χ4n) is 3.72. The third-order valence-corrected chi connectivity index (χ3v) is 5.66. The molecule has 2 heterocycles. The number of hydrogen-bond donors (Lipinski definition) is 1. The van der Waals surface area contributed by atoms with E-state index < -0.39 is 0 Å². The summed E-state index contributed by atoms with van der Waals surface area (Å²) in [6, 6.07) is 7.11. The van der Waals surface area contributed by atoms with Crippen LogP contribution in [0.3, 0.4) is 0 Å². The van der Waals surface area contributed by atoms with Crippen LogP contribution in [-0.2, 0) is 19.4 Å². The van der Waals surface area contributed by atoms with Gasteiger partial charge in [0.15, 0.2) is 0 Å². The molecule has 1 aliphatic heterocycles. The predicted molar refractivity (Wildman–Crippen MR) is 87.2 cm³/mol. The number of nitrogens with zero attached hydrogens (tertiary/aromatic N) is 2. The Balaban J connectivity index is 1.40. The van der Waals surface area contributed by atoms with Gasteiger partial charge in [-0.25, -0.2) is 4.98 Å². The second kappa shape index (κ2) is 5.58. The number of rotatable bonds is 3. The summed E-state index contributed by atoms with van der Waals surface area (Å²) >= 11 is 3.68. The summed E-state index contributed by atoms with van der Waals surface area (Å²) in [4.78, 5) is 4.46. The van der Waals surface area contributed by atoms with Crippen molar-refractivity contribution in [2.75, 3.05) is 6.54 Å². The first kappa shape index (κ1) is 13.5. The largest absolute Gasteiger partial charge is 0.335 e. The van der Waals surface area contributed by atoms with Crippen molar-refractivity contribution in [3.05, 3.63) is 52.0 Å². The first-order chi connectivity index (χ1) is 10.3. The van der Waals surface area contributed by atoms with Crippen molar-refractivity contribution in [2.24, 2.45) is 5.92 Å². The first-order valence-electron chi connectivity index (χ1n) is 7.82. The van der Waals surface area contributed by atoms with Crippen LogP contribution in [0.25, 0.3) is 0 Å². The normalized spacial score (nSPS) is 23.9. The highest BCUT2D eigenvalue weighted by molar-refractivity contribution is 9.10. The van der Waals surface area contributed by atoms with Gasteiger partial charge in [0.2, 0.25) is 0 Å². The number of aromatic nitrogens is 2. The molecule has 0 spiro atoms. The van der Waals surface area contributed by atoms with Gasteiger partial charge in [-0.15, -0.1) is 0 Å². The summed E-state index contributed by atoms with van der Waals surface area (Å²) in [5.74, 6) is 1.97. The Labute approximate surface area is 133 Å². The van der Waals surface area contributed by atoms with Crippen molar-refractivity contribution < 1.29 is 0 Å². The number of halogens is 1. The minimum absolute atomic E-state index is 0.527. The van der Waals surface area contributed by atoms with Gasteiger partial charge in [-0.05, 0) is 48.9 Å². The molecule has 0 radical (unpaired) electrons. The van der Waals surface area contributed by atoms with Crippen LogP contribution in [0.5, 0.6) is 0 Å². The number of imidazole rings is 1. The van der Waals surface area contributed by atoms with Gasteiger partial charge in [-0.1, -0.05) is 28.1 Å². The minimum atomic E-state index is 0.527. The topological polar surface area (TPSA) is 29.9 Å². The van der Waals surface area contributed by atoms with Gasteiger partial charge in [-0.3, -0.25) is 0 Å². The SMILES string of the molecule is Brc1cccc2c1CCC2NCC1CCn2ccnc2C1. The van der Waals surface area contributed by atoms with Crippen molar-refractivity contribution in [3.8, 4) is 0 Å². The van der Waals surface area contributed by atoms with Gasteiger partial charge >= 0.3 is 0 Å². The van der Waals surface area contributed by atoms with Crippen LogP contribution in [0.15, 0.2) is 35.1 Å². The van der Waals surface area contributed by atoms with Crippen molar-refractivity contribution >= 4 is 15.9 Å².